The van der Waals surface area contributed by atoms with Crippen LogP contribution in [0.1, 0.15) is 25.5 Å². The van der Waals surface area contributed by atoms with Crippen LogP contribution in [0.4, 0.5) is 19.1 Å². The molecule has 23 heavy (non-hydrogen) atoms. The van der Waals surface area contributed by atoms with Crippen molar-refractivity contribution in [1.29, 1.82) is 5.26 Å². The second-order valence-electron chi connectivity index (χ2n) is 5.36. The fourth-order valence-corrected chi connectivity index (χ4v) is 2.23. The summed E-state index contributed by atoms with van der Waals surface area (Å²) in [6, 6.07) is 2.97. The molecule has 1 fully saturated rings. The molecule has 1 aliphatic carbocycles. The number of nitriles is 1. The maximum atomic E-state index is 12.1. The Morgan fingerprint density at radius 3 is 2.70 bits per heavy atom. The second kappa shape index (κ2) is 5.83. The molecule has 0 unspecified atom stereocenters. The Balaban J connectivity index is 1.90. The van der Waals surface area contributed by atoms with Crippen molar-refractivity contribution in [3.63, 3.8) is 0 Å². The lowest BCUT2D eigenvalue weighted by atomic mass is 9.67. The van der Waals surface area contributed by atoms with Crippen LogP contribution in [0.25, 0.3) is 0 Å². The van der Waals surface area contributed by atoms with Crippen molar-refractivity contribution < 1.29 is 27.5 Å². The molecule has 0 atom stereocenters. The van der Waals surface area contributed by atoms with Crippen LogP contribution in [-0.4, -0.2) is 34.1 Å². The molecular formula is C13H11F3N4O3. The van der Waals surface area contributed by atoms with Gasteiger partial charge in [-0.25, -0.2) is 14.8 Å². The molecule has 1 aliphatic rings. The highest BCUT2D eigenvalue weighted by molar-refractivity contribution is 5.91. The fraction of sp³-hybridized carbons (Fsp3) is 0.462. The molecule has 1 aromatic heterocycles. The van der Waals surface area contributed by atoms with Gasteiger partial charge in [-0.3, -0.25) is 4.79 Å². The number of nitrogens with one attached hydrogen (secondary N) is 1. The van der Waals surface area contributed by atoms with Crippen molar-refractivity contribution >= 4 is 17.9 Å². The number of nitrogens with zero attached hydrogens (tertiary/aromatic N) is 3. The summed E-state index contributed by atoms with van der Waals surface area (Å²) >= 11 is 0. The van der Waals surface area contributed by atoms with Crippen molar-refractivity contribution in [2.24, 2.45) is 5.41 Å². The van der Waals surface area contributed by atoms with Crippen molar-refractivity contribution in [2.75, 3.05) is 5.32 Å². The van der Waals surface area contributed by atoms with Gasteiger partial charge in [0.1, 0.15) is 11.8 Å². The van der Waals surface area contributed by atoms with Crippen molar-refractivity contribution in [3.05, 3.63) is 18.0 Å². The predicted octanol–water partition coefficient (Wildman–Crippen LogP) is 1.56. The zero-order valence-corrected chi connectivity index (χ0v) is 11.8. The number of anilines is 1. The lowest BCUT2D eigenvalue weighted by molar-refractivity contribution is -0.206. The third-order valence-corrected chi connectivity index (χ3v) is 3.41. The molecule has 7 nitrogen and oxygen atoms in total. The van der Waals surface area contributed by atoms with E-state index in [0.29, 0.717) is 0 Å². The minimum atomic E-state index is -5.21. The summed E-state index contributed by atoms with van der Waals surface area (Å²) in [6.45, 7) is 1.41. The third-order valence-electron chi connectivity index (χ3n) is 3.41. The molecule has 1 saturated carbocycles. The van der Waals surface area contributed by atoms with E-state index in [1.165, 1.54) is 19.2 Å². The normalized spacial score (nSPS) is 23.3. The van der Waals surface area contributed by atoms with Gasteiger partial charge in [0.15, 0.2) is 0 Å². The number of halogens is 3. The minimum absolute atomic E-state index is 0.150. The Morgan fingerprint density at radius 2 is 2.13 bits per heavy atom. The van der Waals surface area contributed by atoms with Gasteiger partial charge in [-0.2, -0.15) is 18.4 Å². The van der Waals surface area contributed by atoms with Crippen LogP contribution in [0.3, 0.4) is 0 Å². The zero-order valence-electron chi connectivity index (χ0n) is 11.8. The number of ether oxygens (including phenoxy) is 1. The molecule has 1 N–H and O–H groups in total. The first-order valence-electron chi connectivity index (χ1n) is 6.47. The highest BCUT2D eigenvalue weighted by Crippen LogP contribution is 2.43. The van der Waals surface area contributed by atoms with Crippen molar-refractivity contribution in [1.82, 2.24) is 9.97 Å². The Labute approximate surface area is 128 Å². The summed E-state index contributed by atoms with van der Waals surface area (Å²) in [5, 5.41) is 11.6. The van der Waals surface area contributed by atoms with Gasteiger partial charge in [-0.1, -0.05) is 0 Å². The number of hydrogen-bond donors (Lipinski definition) is 1. The number of rotatable bonds is 3. The monoisotopic (exact) mass is 328 g/mol. The van der Waals surface area contributed by atoms with Gasteiger partial charge < -0.3 is 10.1 Å². The highest BCUT2D eigenvalue weighted by atomic mass is 19.4. The van der Waals surface area contributed by atoms with Crippen LogP contribution in [0, 0.1) is 16.7 Å². The Bertz CT molecular complexity index is 678. The van der Waals surface area contributed by atoms with Gasteiger partial charge in [-0.05, 0) is 25.8 Å². The summed E-state index contributed by atoms with van der Waals surface area (Å²) in [4.78, 5) is 30.1. The number of carbonyl (C=O) groups excluding carboxylic acids is 2. The number of esters is 2. The lowest BCUT2D eigenvalue weighted by Gasteiger charge is -2.42. The molecule has 0 amide bonds. The van der Waals surface area contributed by atoms with Crippen LogP contribution in [0.15, 0.2) is 12.3 Å². The Hall–Kier alpha value is -2.70. The van der Waals surface area contributed by atoms with Crippen LogP contribution in [-0.2, 0) is 14.3 Å². The van der Waals surface area contributed by atoms with Crippen molar-refractivity contribution in [3.8, 4) is 6.07 Å². The third kappa shape index (κ3) is 3.74. The van der Waals surface area contributed by atoms with Gasteiger partial charge in [-0.15, -0.1) is 0 Å². The maximum absolute atomic E-state index is 12.1. The van der Waals surface area contributed by atoms with E-state index in [0.717, 1.165) is 0 Å². The van der Waals surface area contributed by atoms with Crippen molar-refractivity contribution in [2.45, 2.75) is 32.0 Å². The average molecular weight is 328 g/mol. The molecule has 0 saturated heterocycles. The molecule has 122 valence electrons. The summed E-state index contributed by atoms with van der Waals surface area (Å²) < 4.78 is 40.1. The zero-order chi connectivity index (χ0) is 17.3. The smallest absolute Gasteiger partial charge is 0.386 e. The van der Waals surface area contributed by atoms with Gasteiger partial charge in [0.05, 0.1) is 5.41 Å². The van der Waals surface area contributed by atoms with E-state index in [-0.39, 0.29) is 30.5 Å². The molecule has 0 spiro atoms. The summed E-state index contributed by atoms with van der Waals surface area (Å²) in [7, 11) is 0. The summed E-state index contributed by atoms with van der Waals surface area (Å²) in [5.41, 5.74) is -1.04. The topological polar surface area (TPSA) is 105 Å². The van der Waals surface area contributed by atoms with E-state index in [9.17, 15) is 22.8 Å². The number of carbonyl (C=O) groups is 2. The largest absolute Gasteiger partial charge is 0.491 e. The summed E-state index contributed by atoms with van der Waals surface area (Å²) in [5.74, 6) is -3.56. The van der Waals surface area contributed by atoms with Crippen LogP contribution >= 0.6 is 0 Å². The van der Waals surface area contributed by atoms with Crippen LogP contribution < -0.4 is 5.32 Å². The number of aromatic nitrogens is 2. The fourth-order valence-electron chi connectivity index (χ4n) is 2.23. The molecule has 0 bridgehead atoms. The van der Waals surface area contributed by atoms with Gasteiger partial charge in [0.2, 0.25) is 5.95 Å². The number of hydrogen-bond acceptors (Lipinski definition) is 7. The van der Waals surface area contributed by atoms with E-state index in [1.54, 1.807) is 0 Å². The summed E-state index contributed by atoms with van der Waals surface area (Å²) in [6.07, 6.45) is -3.53. The second-order valence-corrected chi connectivity index (χ2v) is 5.36. The van der Waals surface area contributed by atoms with E-state index in [2.05, 4.69) is 20.0 Å². The first-order valence-corrected chi connectivity index (χ1v) is 6.47. The molecule has 0 aliphatic heterocycles. The SMILES string of the molecule is CC1(C(=O)OC(=O)C(F)(F)F)CC(Nc2nccc(C#N)n2)C1. The Kier molecular flexibility index (Phi) is 4.22. The minimum Gasteiger partial charge on any atom is -0.386 e. The van der Waals surface area contributed by atoms with Crippen LogP contribution in [0.5, 0.6) is 0 Å². The molecule has 10 heteroatoms. The first-order chi connectivity index (χ1) is 10.6. The van der Waals surface area contributed by atoms with E-state index >= 15 is 0 Å². The van der Waals surface area contributed by atoms with Gasteiger partial charge in [0, 0.05) is 12.2 Å². The standard InChI is InChI=1S/C13H11F3N4O3/c1-12(9(21)23-10(22)13(14,15)16)4-8(5-12)20-11-18-3-2-7(6-17)19-11/h2-3,8H,4-5H2,1H3,(H,18,19,20). The predicted molar refractivity (Wildman–Crippen MR) is 68.7 cm³/mol. The van der Waals surface area contributed by atoms with Gasteiger partial charge >= 0.3 is 18.1 Å². The van der Waals surface area contributed by atoms with Gasteiger partial charge in [0.25, 0.3) is 0 Å². The molecule has 0 aromatic carbocycles. The van der Waals surface area contributed by atoms with E-state index in [4.69, 9.17) is 5.26 Å². The first kappa shape index (κ1) is 16.7. The van der Waals surface area contributed by atoms with Crippen LogP contribution in [0.2, 0.25) is 0 Å². The quantitative estimate of drug-likeness (QED) is 0.663. The maximum Gasteiger partial charge on any atom is 0.491 e. The molecule has 1 heterocycles. The average Bonchev–Trinajstić information content (AvgIpc) is 2.44. The molecule has 1 aromatic rings. The molecule has 0 radical (unpaired) electrons. The Morgan fingerprint density at radius 1 is 1.48 bits per heavy atom. The number of alkyl halides is 3. The van der Waals surface area contributed by atoms with E-state index < -0.39 is 23.5 Å². The molecule has 2 rings (SSSR count). The molecular weight excluding hydrogens is 317 g/mol. The lowest BCUT2D eigenvalue weighted by Crippen LogP contribution is -2.50. The highest BCUT2D eigenvalue weighted by Gasteiger charge is 2.51. The van der Waals surface area contributed by atoms with E-state index in [1.807, 2.05) is 6.07 Å².